The highest BCUT2D eigenvalue weighted by Gasteiger charge is 2.19. The molecule has 0 heterocycles. The van der Waals surface area contributed by atoms with Gasteiger partial charge in [-0.2, -0.15) is 0 Å². The molecule has 0 spiro atoms. The molecule has 0 aliphatic carbocycles. The van der Waals surface area contributed by atoms with E-state index in [1.54, 1.807) is 0 Å². The fraction of sp³-hybridized carbons (Fsp3) is 0.300. The highest BCUT2D eigenvalue weighted by atomic mass is 35.5. The summed E-state index contributed by atoms with van der Waals surface area (Å²) in [6.45, 7) is 6.06. The van der Waals surface area contributed by atoms with Crippen molar-refractivity contribution >= 4 is 29.2 Å². The topological polar surface area (TPSA) is 64.6 Å². The molecule has 0 saturated heterocycles. The summed E-state index contributed by atoms with van der Waals surface area (Å²) >= 11 is 6.08. The van der Waals surface area contributed by atoms with E-state index >= 15 is 0 Å². The minimum absolute atomic E-state index is 0.106. The van der Waals surface area contributed by atoms with Crippen LogP contribution in [-0.4, -0.2) is 25.6 Å². The molecule has 5 nitrogen and oxygen atoms in total. The van der Waals surface area contributed by atoms with Gasteiger partial charge in [0, 0.05) is 0 Å². The molecular weight excluding hydrogens is 354 g/mol. The maximum atomic E-state index is 12.2. The number of hydrogen-bond donors (Lipinski definition) is 1. The largest absolute Gasteiger partial charge is 0.483 e. The zero-order valence-corrected chi connectivity index (χ0v) is 16.0. The minimum Gasteiger partial charge on any atom is -0.483 e. The summed E-state index contributed by atoms with van der Waals surface area (Å²) in [5.74, 6) is -0.227. The first kappa shape index (κ1) is 19.8. The van der Waals surface area contributed by atoms with Crippen LogP contribution in [0, 0.1) is 0 Å². The van der Waals surface area contributed by atoms with Crippen molar-refractivity contribution in [2.24, 2.45) is 0 Å². The van der Waals surface area contributed by atoms with E-state index in [1.165, 1.54) is 25.3 Å². The fourth-order valence-corrected chi connectivity index (χ4v) is 2.57. The molecule has 0 radical (unpaired) electrons. The van der Waals surface area contributed by atoms with Crippen LogP contribution in [0.5, 0.6) is 5.75 Å². The first-order valence-electron chi connectivity index (χ1n) is 8.12. The third-order valence-corrected chi connectivity index (χ3v) is 4.04. The molecule has 26 heavy (non-hydrogen) atoms. The van der Waals surface area contributed by atoms with Gasteiger partial charge < -0.3 is 14.8 Å². The molecule has 6 heteroatoms. The standard InChI is InChI=1S/C20H22ClNO4/c1-20(2,3)14-7-5-6-8-17(14)26-12-18(23)22-16-11-13(19(24)25-4)9-10-15(16)21/h5-11H,12H2,1-4H3,(H,22,23). The molecule has 1 amide bonds. The number of esters is 1. The van der Waals surface area contributed by atoms with Gasteiger partial charge in [0.2, 0.25) is 0 Å². The normalized spacial score (nSPS) is 11.0. The van der Waals surface area contributed by atoms with Gasteiger partial charge in [-0.05, 0) is 35.2 Å². The summed E-state index contributed by atoms with van der Waals surface area (Å²) in [4.78, 5) is 23.8. The number of para-hydroxylation sites is 1. The number of ether oxygens (including phenoxy) is 2. The number of rotatable bonds is 5. The third kappa shape index (κ3) is 4.99. The van der Waals surface area contributed by atoms with Crippen LogP contribution in [0.2, 0.25) is 5.02 Å². The Labute approximate surface area is 158 Å². The lowest BCUT2D eigenvalue weighted by molar-refractivity contribution is -0.118. The van der Waals surface area contributed by atoms with Crippen molar-refractivity contribution in [2.75, 3.05) is 19.0 Å². The minimum atomic E-state index is -0.507. The monoisotopic (exact) mass is 375 g/mol. The Morgan fingerprint density at radius 3 is 2.46 bits per heavy atom. The van der Waals surface area contributed by atoms with Crippen LogP contribution >= 0.6 is 11.6 Å². The maximum Gasteiger partial charge on any atom is 0.337 e. The van der Waals surface area contributed by atoms with Crippen molar-refractivity contribution in [2.45, 2.75) is 26.2 Å². The number of anilines is 1. The highest BCUT2D eigenvalue weighted by Crippen LogP contribution is 2.31. The van der Waals surface area contributed by atoms with E-state index < -0.39 is 5.97 Å². The Hall–Kier alpha value is -2.53. The van der Waals surface area contributed by atoms with Crippen molar-refractivity contribution in [3.8, 4) is 5.75 Å². The molecule has 2 rings (SSSR count). The van der Waals surface area contributed by atoms with Crippen LogP contribution in [0.4, 0.5) is 5.69 Å². The zero-order valence-electron chi connectivity index (χ0n) is 15.3. The molecule has 0 bridgehead atoms. The Morgan fingerprint density at radius 2 is 1.81 bits per heavy atom. The van der Waals surface area contributed by atoms with Crippen LogP contribution < -0.4 is 10.1 Å². The highest BCUT2D eigenvalue weighted by molar-refractivity contribution is 6.33. The van der Waals surface area contributed by atoms with Crippen LogP contribution in [0.15, 0.2) is 42.5 Å². The number of halogens is 1. The predicted octanol–water partition coefficient (Wildman–Crippen LogP) is 4.44. The molecule has 0 saturated carbocycles. The van der Waals surface area contributed by atoms with Gasteiger partial charge in [-0.15, -0.1) is 0 Å². The smallest absolute Gasteiger partial charge is 0.337 e. The summed E-state index contributed by atoms with van der Waals surface area (Å²) in [7, 11) is 1.29. The molecule has 0 aliphatic rings. The van der Waals surface area contributed by atoms with Gasteiger partial charge in [-0.3, -0.25) is 4.79 Å². The van der Waals surface area contributed by atoms with Crippen molar-refractivity contribution < 1.29 is 19.1 Å². The molecule has 2 aromatic rings. The van der Waals surface area contributed by atoms with E-state index in [1.807, 2.05) is 24.3 Å². The Bertz CT molecular complexity index is 812. The number of nitrogens with one attached hydrogen (secondary N) is 1. The molecule has 0 aliphatic heterocycles. The molecule has 0 unspecified atom stereocenters. The van der Waals surface area contributed by atoms with E-state index in [0.717, 1.165) is 5.56 Å². The van der Waals surface area contributed by atoms with Gasteiger partial charge >= 0.3 is 5.97 Å². The Balaban J connectivity index is 2.08. The van der Waals surface area contributed by atoms with Gasteiger partial charge in [0.25, 0.3) is 5.91 Å². The third-order valence-electron chi connectivity index (χ3n) is 3.72. The number of carbonyl (C=O) groups is 2. The van der Waals surface area contributed by atoms with Crippen LogP contribution in [0.25, 0.3) is 0 Å². The van der Waals surface area contributed by atoms with Gasteiger partial charge in [-0.1, -0.05) is 50.6 Å². The average molecular weight is 376 g/mol. The summed E-state index contributed by atoms with van der Waals surface area (Å²) in [6, 6.07) is 12.1. The Kier molecular flexibility index (Phi) is 6.27. The van der Waals surface area contributed by atoms with Gasteiger partial charge in [-0.25, -0.2) is 4.79 Å². The Morgan fingerprint density at radius 1 is 1.12 bits per heavy atom. The molecular formula is C20H22ClNO4. The maximum absolute atomic E-state index is 12.2. The summed E-state index contributed by atoms with van der Waals surface area (Å²) < 4.78 is 10.4. The second-order valence-electron chi connectivity index (χ2n) is 6.77. The average Bonchev–Trinajstić information content (AvgIpc) is 2.60. The van der Waals surface area contributed by atoms with E-state index in [9.17, 15) is 9.59 Å². The predicted molar refractivity (Wildman–Crippen MR) is 102 cm³/mol. The van der Waals surface area contributed by atoms with Gasteiger partial charge in [0.1, 0.15) is 5.75 Å². The first-order chi connectivity index (χ1) is 12.2. The first-order valence-corrected chi connectivity index (χ1v) is 8.50. The number of hydrogen-bond acceptors (Lipinski definition) is 4. The van der Waals surface area contributed by atoms with E-state index in [0.29, 0.717) is 22.0 Å². The lowest BCUT2D eigenvalue weighted by Gasteiger charge is -2.22. The number of benzene rings is 2. The van der Waals surface area contributed by atoms with Gasteiger partial charge in [0.05, 0.1) is 23.4 Å². The molecule has 0 fully saturated rings. The lowest BCUT2D eigenvalue weighted by Crippen LogP contribution is -2.22. The van der Waals surface area contributed by atoms with Gasteiger partial charge in [0.15, 0.2) is 6.61 Å². The molecule has 2 aromatic carbocycles. The number of amides is 1. The summed E-state index contributed by atoms with van der Waals surface area (Å²) in [5, 5.41) is 2.97. The molecule has 138 valence electrons. The van der Waals surface area contributed by atoms with Crippen LogP contribution in [-0.2, 0) is 14.9 Å². The van der Waals surface area contributed by atoms with Crippen LogP contribution in [0.3, 0.4) is 0 Å². The van der Waals surface area contributed by atoms with E-state index in [2.05, 4.69) is 30.8 Å². The number of methoxy groups -OCH3 is 1. The quantitative estimate of drug-likeness (QED) is 0.784. The van der Waals surface area contributed by atoms with Crippen LogP contribution in [0.1, 0.15) is 36.7 Å². The summed E-state index contributed by atoms with van der Waals surface area (Å²) in [5.41, 5.74) is 1.53. The van der Waals surface area contributed by atoms with E-state index in [4.69, 9.17) is 16.3 Å². The lowest BCUT2D eigenvalue weighted by atomic mass is 9.86. The zero-order chi connectivity index (χ0) is 19.3. The molecule has 0 atom stereocenters. The van der Waals surface area contributed by atoms with Crippen molar-refractivity contribution in [3.63, 3.8) is 0 Å². The molecule has 0 aromatic heterocycles. The number of carbonyl (C=O) groups excluding carboxylic acids is 2. The van der Waals surface area contributed by atoms with E-state index in [-0.39, 0.29) is 17.9 Å². The second kappa shape index (κ2) is 8.23. The SMILES string of the molecule is COC(=O)c1ccc(Cl)c(NC(=O)COc2ccccc2C(C)(C)C)c1. The fourth-order valence-electron chi connectivity index (χ4n) is 2.41. The molecule has 1 N–H and O–H groups in total. The second-order valence-corrected chi connectivity index (χ2v) is 7.18. The van der Waals surface area contributed by atoms with Crippen molar-refractivity contribution in [1.29, 1.82) is 0 Å². The van der Waals surface area contributed by atoms with Crippen molar-refractivity contribution in [1.82, 2.24) is 0 Å². The summed E-state index contributed by atoms with van der Waals surface area (Å²) in [6.07, 6.45) is 0. The van der Waals surface area contributed by atoms with Crippen molar-refractivity contribution in [3.05, 3.63) is 58.6 Å².